The van der Waals surface area contributed by atoms with Crippen molar-refractivity contribution >= 4 is 35.8 Å². The van der Waals surface area contributed by atoms with E-state index in [4.69, 9.17) is 0 Å². The summed E-state index contributed by atoms with van der Waals surface area (Å²) in [5, 5.41) is 26.7. The monoisotopic (exact) mass is 822 g/mol. The van der Waals surface area contributed by atoms with Gasteiger partial charge in [0.1, 0.15) is 12.1 Å². The Labute approximate surface area is 349 Å². The molecule has 60 heavy (non-hydrogen) atoms. The Balaban J connectivity index is 0.000000154. The number of fused-ring (bicyclic) bond motifs is 6. The van der Waals surface area contributed by atoms with Gasteiger partial charge in [0.05, 0.1) is 12.1 Å². The number of aliphatic hydroxyl groups excluding tert-OH is 2. The van der Waals surface area contributed by atoms with Gasteiger partial charge in [-0.25, -0.2) is 0 Å². The zero-order chi connectivity index (χ0) is 42.0. The summed E-state index contributed by atoms with van der Waals surface area (Å²) in [5.41, 5.74) is 2.63. The number of amides is 4. The van der Waals surface area contributed by atoms with Crippen LogP contribution in [0.2, 0.25) is 0 Å². The van der Waals surface area contributed by atoms with E-state index in [2.05, 4.69) is 10.6 Å². The highest BCUT2D eigenvalue weighted by Crippen LogP contribution is 2.53. The Bertz CT molecular complexity index is 2070. The number of aliphatic hydroxyl groups is 2. The minimum Gasteiger partial charge on any atom is -0.396 e. The van der Waals surface area contributed by atoms with Crippen LogP contribution in [-0.2, 0) is 32.3 Å². The van der Waals surface area contributed by atoms with E-state index in [1.807, 2.05) is 38.1 Å². The molecule has 6 fully saturated rings. The van der Waals surface area contributed by atoms with Gasteiger partial charge in [0.25, 0.3) is 11.1 Å². The van der Waals surface area contributed by atoms with E-state index in [0.717, 1.165) is 75.6 Å². The van der Waals surface area contributed by atoms with Gasteiger partial charge >= 0.3 is 0 Å². The molecule has 14 heteroatoms. The Morgan fingerprint density at radius 2 is 1.00 bits per heavy atom. The van der Waals surface area contributed by atoms with E-state index in [0.29, 0.717) is 24.2 Å². The van der Waals surface area contributed by atoms with E-state index in [1.54, 1.807) is 43.2 Å². The number of pyridine rings is 2. The lowest BCUT2D eigenvalue weighted by Crippen LogP contribution is -2.54. The zero-order valence-electron chi connectivity index (χ0n) is 34.6. The molecular formula is C46H58N6O8. The third-order valence-corrected chi connectivity index (χ3v) is 14.7. The number of hydrogen-bond acceptors (Lipinski definition) is 8. The molecule has 2 aromatic heterocycles. The summed E-state index contributed by atoms with van der Waals surface area (Å²) < 4.78 is 3.47. The van der Waals surface area contributed by atoms with Crippen molar-refractivity contribution in [2.45, 2.75) is 127 Å². The molecule has 8 aliphatic rings. The molecular weight excluding hydrogens is 765 g/mol. The molecule has 6 heterocycles. The maximum absolute atomic E-state index is 13.3. The van der Waals surface area contributed by atoms with Crippen molar-refractivity contribution in [3.05, 3.63) is 79.6 Å². The Morgan fingerprint density at radius 1 is 0.617 bits per heavy atom. The number of nitrogens with one attached hydrogen (secondary N) is 2. The van der Waals surface area contributed by atoms with Gasteiger partial charge in [0.15, 0.2) is 0 Å². The molecule has 4 amide bonds. The van der Waals surface area contributed by atoms with Crippen LogP contribution in [0.5, 0.6) is 0 Å². The van der Waals surface area contributed by atoms with Gasteiger partial charge in [0.2, 0.25) is 23.6 Å². The van der Waals surface area contributed by atoms with Crippen LogP contribution in [0, 0.1) is 35.5 Å². The first-order chi connectivity index (χ1) is 29.1. The molecule has 0 aromatic carbocycles. The molecule has 2 saturated heterocycles. The van der Waals surface area contributed by atoms with Crippen LogP contribution in [0.1, 0.15) is 113 Å². The van der Waals surface area contributed by atoms with Crippen LogP contribution >= 0.6 is 0 Å². The molecule has 4 aliphatic heterocycles. The first-order valence-corrected chi connectivity index (χ1v) is 22.3. The normalized spacial score (nSPS) is 30.3. The summed E-state index contributed by atoms with van der Waals surface area (Å²) in [6, 6.07) is 5.76. The lowest BCUT2D eigenvalue weighted by molar-refractivity contribution is -0.143. The summed E-state index contributed by atoms with van der Waals surface area (Å²) in [6.07, 6.45) is 16.7. The highest BCUT2D eigenvalue weighted by Gasteiger charge is 2.60. The van der Waals surface area contributed by atoms with Crippen LogP contribution < -0.4 is 21.8 Å². The Morgan fingerprint density at radius 3 is 1.30 bits per heavy atom. The number of rotatable bonds is 10. The molecule has 4 saturated carbocycles. The van der Waals surface area contributed by atoms with E-state index < -0.39 is 12.1 Å². The largest absolute Gasteiger partial charge is 0.396 e. The molecule has 320 valence electrons. The maximum Gasteiger partial charge on any atom is 0.258 e. The summed E-state index contributed by atoms with van der Waals surface area (Å²) in [6.45, 7) is 4.24. The first kappa shape index (κ1) is 40.6. The fourth-order valence-electron chi connectivity index (χ4n) is 10.9. The minimum absolute atomic E-state index is 0.00635. The summed E-state index contributed by atoms with van der Waals surface area (Å²) >= 11 is 0. The standard InChI is InChI=1S/2C23H29N3O4/c2*1-2-4-13-9-10-18-19-16(11-25(18)22(13)29)17(12-27)20(21(28)24-15-5-3-6-15)26(19)23(30)14-7-8-14/h2*2,4,9-10,14-17,19-20,27H,3,5-8,11-12H2,1H3,(H,24,28)/b4-2+;4-2-/t2*16-,17-,19+,20-/m11/s1. The van der Waals surface area contributed by atoms with Crippen LogP contribution in [0.25, 0.3) is 12.2 Å². The highest BCUT2D eigenvalue weighted by atomic mass is 16.3. The Kier molecular flexibility index (Phi) is 11.0. The van der Waals surface area contributed by atoms with Gasteiger partial charge in [-0.1, -0.05) is 24.3 Å². The molecule has 0 spiro atoms. The first-order valence-electron chi connectivity index (χ1n) is 22.3. The van der Waals surface area contributed by atoms with Crippen molar-refractivity contribution in [2.24, 2.45) is 35.5 Å². The van der Waals surface area contributed by atoms with E-state index in [1.165, 1.54) is 0 Å². The van der Waals surface area contributed by atoms with Gasteiger partial charge < -0.3 is 39.8 Å². The number of allylic oxidation sites excluding steroid dienone is 2. The lowest BCUT2D eigenvalue weighted by atomic mass is 9.87. The third kappa shape index (κ3) is 6.87. The van der Waals surface area contributed by atoms with Crippen LogP contribution in [-0.4, -0.2) is 90.2 Å². The fraction of sp³-hybridized carbons (Fsp3) is 0.609. The van der Waals surface area contributed by atoms with E-state index in [9.17, 15) is 39.0 Å². The smallest absolute Gasteiger partial charge is 0.258 e. The number of aromatic nitrogens is 2. The summed E-state index contributed by atoms with van der Waals surface area (Å²) in [4.78, 5) is 82.5. The maximum atomic E-state index is 13.3. The molecule has 0 unspecified atom stereocenters. The Hall–Kier alpha value is -4.82. The van der Waals surface area contributed by atoms with Crippen molar-refractivity contribution in [2.75, 3.05) is 13.2 Å². The second-order valence-electron chi connectivity index (χ2n) is 18.4. The average molecular weight is 823 g/mol. The highest BCUT2D eigenvalue weighted by molar-refractivity contribution is 5.92. The molecule has 10 rings (SSSR count). The van der Waals surface area contributed by atoms with Crippen molar-refractivity contribution in [3.63, 3.8) is 0 Å². The second kappa shape index (κ2) is 16.2. The molecule has 2 aromatic rings. The zero-order valence-corrected chi connectivity index (χ0v) is 34.6. The van der Waals surface area contributed by atoms with Gasteiger partial charge in [-0.15, -0.1) is 0 Å². The van der Waals surface area contributed by atoms with Crippen LogP contribution in [0.4, 0.5) is 0 Å². The molecule has 0 bridgehead atoms. The number of hydrogen-bond donors (Lipinski definition) is 4. The summed E-state index contributed by atoms with van der Waals surface area (Å²) in [7, 11) is 0. The minimum atomic E-state index is -0.669. The second-order valence-corrected chi connectivity index (χ2v) is 18.4. The van der Waals surface area contributed by atoms with Crippen molar-refractivity contribution in [1.82, 2.24) is 29.6 Å². The van der Waals surface area contributed by atoms with E-state index >= 15 is 0 Å². The molecule has 0 radical (unpaired) electrons. The SMILES string of the molecule is C/C=C/c1ccc2n(c1=O)C[C@@H]1[C@@H](CO)[C@H](C(=O)NC3CCC3)N(C(=O)C3CC3)[C@H]21.C/C=C\c1ccc2n(c1=O)C[C@@H]1[C@@H](CO)[C@H](C(=O)NC3CCC3)N(C(=O)C3CC3)[C@H]21. The fourth-order valence-corrected chi connectivity index (χ4v) is 10.9. The van der Waals surface area contributed by atoms with Gasteiger partial charge in [-0.3, -0.25) is 28.8 Å². The van der Waals surface area contributed by atoms with Gasteiger partial charge in [0, 0.05) is 96.4 Å². The number of carbonyl (C=O) groups is 4. The van der Waals surface area contributed by atoms with Crippen molar-refractivity contribution in [3.8, 4) is 0 Å². The van der Waals surface area contributed by atoms with Crippen LogP contribution in [0.15, 0.2) is 46.0 Å². The third-order valence-electron chi connectivity index (χ3n) is 14.7. The molecule has 4 N–H and O–H groups in total. The summed E-state index contributed by atoms with van der Waals surface area (Å²) in [5.74, 6) is -1.41. The topological polar surface area (TPSA) is 183 Å². The van der Waals surface area contributed by atoms with Gasteiger partial charge in [-0.05, 0) is 102 Å². The van der Waals surface area contributed by atoms with Crippen LogP contribution in [0.3, 0.4) is 0 Å². The van der Waals surface area contributed by atoms with Crippen molar-refractivity contribution < 1.29 is 29.4 Å². The number of likely N-dealkylation sites (tertiary alicyclic amines) is 2. The predicted octanol–water partition coefficient (Wildman–Crippen LogP) is 2.90. The average Bonchev–Trinajstić information content (AvgIpc) is 4.12. The van der Waals surface area contributed by atoms with Crippen molar-refractivity contribution in [1.29, 1.82) is 0 Å². The number of carbonyl (C=O) groups excluding carboxylic acids is 4. The number of nitrogens with zero attached hydrogens (tertiary/aromatic N) is 4. The molecule has 14 nitrogen and oxygen atoms in total. The quantitative estimate of drug-likeness (QED) is 0.282. The van der Waals surface area contributed by atoms with E-state index in [-0.39, 0.29) is 108 Å². The van der Waals surface area contributed by atoms with Gasteiger partial charge in [-0.2, -0.15) is 0 Å². The predicted molar refractivity (Wildman–Crippen MR) is 223 cm³/mol. The molecule has 4 aliphatic carbocycles. The molecule has 8 atom stereocenters. The lowest BCUT2D eigenvalue weighted by Gasteiger charge is -2.34.